The minimum Gasteiger partial charge on any atom is -0.497 e. The van der Waals surface area contributed by atoms with Crippen molar-refractivity contribution in [1.29, 1.82) is 0 Å². The summed E-state index contributed by atoms with van der Waals surface area (Å²) >= 11 is 0. The van der Waals surface area contributed by atoms with Gasteiger partial charge in [0.25, 0.3) is 0 Å². The van der Waals surface area contributed by atoms with Crippen molar-refractivity contribution in [2.45, 2.75) is 25.4 Å². The Morgan fingerprint density at radius 2 is 2.44 bits per heavy atom. The average molecular weight is 222 g/mol. The number of hydrogen-bond acceptors (Lipinski definition) is 3. The lowest BCUT2D eigenvalue weighted by molar-refractivity contribution is -0.137. The molecule has 1 unspecified atom stereocenters. The minimum atomic E-state index is -0.780. The topological polar surface area (TPSA) is 55.8 Å². The molecule has 0 radical (unpaired) electrons. The summed E-state index contributed by atoms with van der Waals surface area (Å²) in [6, 6.07) is 5.70. The molecule has 1 N–H and O–H groups in total. The van der Waals surface area contributed by atoms with E-state index >= 15 is 0 Å². The van der Waals surface area contributed by atoms with Crippen LogP contribution in [0.5, 0.6) is 11.5 Å². The van der Waals surface area contributed by atoms with Crippen molar-refractivity contribution < 1.29 is 19.4 Å². The smallest absolute Gasteiger partial charge is 0.303 e. The molecule has 0 fully saturated rings. The Bertz CT molecular complexity index is 400. The second-order valence-corrected chi connectivity index (χ2v) is 3.85. The van der Waals surface area contributed by atoms with Gasteiger partial charge in [0.15, 0.2) is 0 Å². The van der Waals surface area contributed by atoms with Crippen molar-refractivity contribution in [2.24, 2.45) is 0 Å². The molecule has 0 saturated heterocycles. The van der Waals surface area contributed by atoms with Crippen molar-refractivity contribution >= 4 is 5.97 Å². The van der Waals surface area contributed by atoms with E-state index in [2.05, 4.69) is 0 Å². The molecule has 0 bridgehead atoms. The molecule has 1 atom stereocenters. The normalized spacial score (nSPS) is 17.7. The number of hydrogen-bond donors (Lipinski definition) is 1. The van der Waals surface area contributed by atoms with Gasteiger partial charge in [0, 0.05) is 18.9 Å². The highest BCUT2D eigenvalue weighted by molar-refractivity contribution is 5.66. The van der Waals surface area contributed by atoms with Crippen molar-refractivity contribution in [3.05, 3.63) is 23.8 Å². The summed E-state index contributed by atoms with van der Waals surface area (Å²) in [4.78, 5) is 10.5. The van der Waals surface area contributed by atoms with Gasteiger partial charge < -0.3 is 14.6 Å². The molecule has 0 saturated carbocycles. The van der Waals surface area contributed by atoms with E-state index in [1.54, 1.807) is 7.11 Å². The lowest BCUT2D eigenvalue weighted by atomic mass is 10.1. The van der Waals surface area contributed by atoms with Crippen LogP contribution in [0.2, 0.25) is 0 Å². The monoisotopic (exact) mass is 222 g/mol. The zero-order valence-corrected chi connectivity index (χ0v) is 9.10. The molecular weight excluding hydrogens is 208 g/mol. The number of aliphatic carboxylic acids is 1. The second-order valence-electron chi connectivity index (χ2n) is 3.85. The van der Waals surface area contributed by atoms with Gasteiger partial charge >= 0.3 is 5.97 Å². The number of fused-ring (bicyclic) bond motifs is 1. The van der Waals surface area contributed by atoms with Crippen LogP contribution in [0.1, 0.15) is 18.4 Å². The highest BCUT2D eigenvalue weighted by atomic mass is 16.5. The van der Waals surface area contributed by atoms with Gasteiger partial charge in [-0.05, 0) is 18.1 Å². The predicted octanol–water partition coefficient (Wildman–Crippen LogP) is 1.86. The summed E-state index contributed by atoms with van der Waals surface area (Å²) in [7, 11) is 1.61. The van der Waals surface area contributed by atoms with Crippen LogP contribution in [-0.4, -0.2) is 24.3 Å². The Labute approximate surface area is 93.8 Å². The molecule has 0 spiro atoms. The lowest BCUT2D eigenvalue weighted by Crippen LogP contribution is -2.14. The first-order valence-electron chi connectivity index (χ1n) is 5.24. The van der Waals surface area contributed by atoms with Gasteiger partial charge in [-0.15, -0.1) is 0 Å². The molecule has 2 rings (SSSR count). The number of carboxylic acids is 1. The Kier molecular flexibility index (Phi) is 2.99. The maximum atomic E-state index is 10.5. The fourth-order valence-electron chi connectivity index (χ4n) is 1.85. The Hall–Kier alpha value is -1.71. The fraction of sp³-hybridized carbons (Fsp3) is 0.417. The van der Waals surface area contributed by atoms with Gasteiger partial charge in [0.05, 0.1) is 7.11 Å². The molecule has 4 heteroatoms. The molecule has 86 valence electrons. The Morgan fingerprint density at radius 1 is 1.62 bits per heavy atom. The Balaban J connectivity index is 2.00. The van der Waals surface area contributed by atoms with Crippen molar-refractivity contribution in [3.8, 4) is 11.5 Å². The largest absolute Gasteiger partial charge is 0.497 e. The fourth-order valence-corrected chi connectivity index (χ4v) is 1.85. The molecule has 0 aliphatic carbocycles. The van der Waals surface area contributed by atoms with Crippen molar-refractivity contribution in [2.75, 3.05) is 7.11 Å². The highest BCUT2D eigenvalue weighted by Gasteiger charge is 2.23. The quantitative estimate of drug-likeness (QED) is 0.844. The summed E-state index contributed by atoms with van der Waals surface area (Å²) in [6.45, 7) is 0. The van der Waals surface area contributed by atoms with Gasteiger partial charge in [-0.25, -0.2) is 0 Å². The molecule has 0 aromatic heterocycles. The van der Waals surface area contributed by atoms with E-state index in [-0.39, 0.29) is 12.5 Å². The summed E-state index contributed by atoms with van der Waals surface area (Å²) in [5.41, 5.74) is 1.12. The van der Waals surface area contributed by atoms with E-state index < -0.39 is 5.97 Å². The first-order chi connectivity index (χ1) is 7.69. The third kappa shape index (κ3) is 2.27. The van der Waals surface area contributed by atoms with E-state index in [4.69, 9.17) is 14.6 Å². The number of carbonyl (C=O) groups is 1. The van der Waals surface area contributed by atoms with Crippen LogP contribution in [0.25, 0.3) is 0 Å². The van der Waals surface area contributed by atoms with E-state index in [0.29, 0.717) is 6.42 Å². The summed E-state index contributed by atoms with van der Waals surface area (Å²) < 4.78 is 10.8. The molecule has 0 amide bonds. The zero-order chi connectivity index (χ0) is 11.5. The van der Waals surface area contributed by atoms with Crippen LogP contribution in [0, 0.1) is 0 Å². The zero-order valence-electron chi connectivity index (χ0n) is 9.10. The number of methoxy groups -OCH3 is 1. The predicted molar refractivity (Wildman–Crippen MR) is 58.0 cm³/mol. The van der Waals surface area contributed by atoms with Gasteiger partial charge in [0.1, 0.15) is 17.6 Å². The third-order valence-electron chi connectivity index (χ3n) is 2.70. The standard InChI is InChI=1S/C12H14O4/c1-15-9-3-2-8-6-10(4-5-12(13)14)16-11(8)7-9/h2-3,7,10H,4-6H2,1H3,(H,13,14). The number of ether oxygens (including phenoxy) is 2. The van der Waals surface area contributed by atoms with E-state index in [1.807, 2.05) is 18.2 Å². The molecule has 1 aromatic carbocycles. The van der Waals surface area contributed by atoms with Gasteiger partial charge in [-0.1, -0.05) is 6.07 Å². The lowest BCUT2D eigenvalue weighted by Gasteiger charge is -2.08. The summed E-state index contributed by atoms with van der Waals surface area (Å²) in [5.74, 6) is 0.796. The molecule has 1 aliphatic heterocycles. The van der Waals surface area contributed by atoms with Crippen LogP contribution in [0.15, 0.2) is 18.2 Å². The minimum absolute atomic E-state index is 0.0155. The Morgan fingerprint density at radius 3 is 3.12 bits per heavy atom. The third-order valence-corrected chi connectivity index (χ3v) is 2.70. The maximum absolute atomic E-state index is 10.5. The van der Waals surface area contributed by atoms with Crippen LogP contribution in [0.4, 0.5) is 0 Å². The summed E-state index contributed by atoms with van der Waals surface area (Å²) in [6.07, 6.45) is 1.47. The van der Waals surface area contributed by atoms with Crippen molar-refractivity contribution in [1.82, 2.24) is 0 Å². The molecule has 16 heavy (non-hydrogen) atoms. The molecule has 1 aliphatic rings. The molecule has 4 nitrogen and oxygen atoms in total. The first-order valence-corrected chi connectivity index (χ1v) is 5.24. The van der Waals surface area contributed by atoms with Crippen molar-refractivity contribution in [3.63, 3.8) is 0 Å². The highest BCUT2D eigenvalue weighted by Crippen LogP contribution is 2.33. The second kappa shape index (κ2) is 4.43. The number of benzene rings is 1. The van der Waals surface area contributed by atoms with Crippen LogP contribution < -0.4 is 9.47 Å². The first kappa shape index (κ1) is 10.8. The van der Waals surface area contributed by atoms with E-state index in [9.17, 15) is 4.79 Å². The van der Waals surface area contributed by atoms with Crippen LogP contribution in [0.3, 0.4) is 0 Å². The van der Waals surface area contributed by atoms with Crippen LogP contribution >= 0.6 is 0 Å². The average Bonchev–Trinajstić information content (AvgIpc) is 2.67. The van der Waals surface area contributed by atoms with Gasteiger partial charge in [-0.3, -0.25) is 4.79 Å². The molecule has 1 aromatic rings. The van der Waals surface area contributed by atoms with Gasteiger partial charge in [-0.2, -0.15) is 0 Å². The molecular formula is C12H14O4. The summed E-state index contributed by atoms with van der Waals surface area (Å²) in [5, 5.41) is 8.60. The SMILES string of the molecule is COc1ccc2c(c1)OC(CCC(=O)O)C2. The number of carboxylic acid groups (broad SMARTS) is 1. The molecule has 1 heterocycles. The van der Waals surface area contributed by atoms with Crippen LogP contribution in [-0.2, 0) is 11.2 Å². The maximum Gasteiger partial charge on any atom is 0.303 e. The van der Waals surface area contributed by atoms with E-state index in [0.717, 1.165) is 23.5 Å². The number of rotatable bonds is 4. The van der Waals surface area contributed by atoms with E-state index in [1.165, 1.54) is 0 Å². The van der Waals surface area contributed by atoms with Gasteiger partial charge in [0.2, 0.25) is 0 Å².